The summed E-state index contributed by atoms with van der Waals surface area (Å²) in [6, 6.07) is 5.35. The normalized spacial score (nSPS) is 11.5. The first-order valence-corrected chi connectivity index (χ1v) is 4.67. The van der Waals surface area contributed by atoms with Crippen molar-refractivity contribution in [2.75, 3.05) is 6.54 Å². The molecule has 0 aromatic heterocycles. The summed E-state index contributed by atoms with van der Waals surface area (Å²) in [5.74, 6) is -2.99. The number of Topliss-reactive ketones (excluding diaryl/α,β-unsaturated/α-hetero) is 1. The fourth-order valence-corrected chi connectivity index (χ4v) is 1.22. The fraction of sp³-hybridized carbons (Fsp3) is 0.364. The lowest BCUT2D eigenvalue weighted by molar-refractivity contribution is 0.0174. The van der Waals surface area contributed by atoms with Crippen molar-refractivity contribution in [2.45, 2.75) is 19.3 Å². The zero-order valence-electron chi connectivity index (χ0n) is 8.47. The van der Waals surface area contributed by atoms with Crippen LogP contribution in [0.25, 0.3) is 0 Å². The average molecular weight is 213 g/mol. The van der Waals surface area contributed by atoms with E-state index in [0.29, 0.717) is 5.56 Å². The Hall–Kier alpha value is -1.29. The zero-order chi connectivity index (χ0) is 11.5. The van der Waals surface area contributed by atoms with Crippen molar-refractivity contribution in [3.63, 3.8) is 0 Å². The van der Waals surface area contributed by atoms with Gasteiger partial charge in [0.15, 0.2) is 5.78 Å². The van der Waals surface area contributed by atoms with Gasteiger partial charge in [0.25, 0.3) is 5.92 Å². The van der Waals surface area contributed by atoms with E-state index in [1.807, 2.05) is 0 Å². The number of ketones is 1. The second-order valence-corrected chi connectivity index (χ2v) is 3.43. The molecule has 2 nitrogen and oxygen atoms in total. The first-order valence-electron chi connectivity index (χ1n) is 4.67. The molecule has 0 atom stereocenters. The van der Waals surface area contributed by atoms with Crippen LogP contribution in [0, 0.1) is 0 Å². The van der Waals surface area contributed by atoms with Crippen molar-refractivity contribution in [3.05, 3.63) is 35.4 Å². The molecule has 1 aromatic carbocycles. The van der Waals surface area contributed by atoms with E-state index in [1.54, 1.807) is 0 Å². The van der Waals surface area contributed by atoms with E-state index in [-0.39, 0.29) is 24.3 Å². The van der Waals surface area contributed by atoms with Crippen LogP contribution in [-0.2, 0) is 5.92 Å². The van der Waals surface area contributed by atoms with E-state index in [1.165, 1.54) is 24.3 Å². The average Bonchev–Trinajstić information content (AvgIpc) is 2.17. The van der Waals surface area contributed by atoms with Crippen LogP contribution in [0.1, 0.15) is 29.3 Å². The maximum absolute atomic E-state index is 12.8. The highest BCUT2D eigenvalue weighted by atomic mass is 19.3. The monoisotopic (exact) mass is 213 g/mol. The lowest BCUT2D eigenvalue weighted by Gasteiger charge is -2.10. The molecule has 0 radical (unpaired) electrons. The maximum atomic E-state index is 12.8. The van der Waals surface area contributed by atoms with Gasteiger partial charge in [-0.2, -0.15) is 0 Å². The van der Waals surface area contributed by atoms with Gasteiger partial charge in [-0.3, -0.25) is 4.79 Å². The zero-order valence-corrected chi connectivity index (χ0v) is 8.47. The van der Waals surface area contributed by atoms with Gasteiger partial charge < -0.3 is 5.73 Å². The molecule has 0 bridgehead atoms. The van der Waals surface area contributed by atoms with Gasteiger partial charge >= 0.3 is 0 Å². The number of carbonyl (C=O) groups excluding carboxylic acids is 1. The Balaban J connectivity index is 2.86. The molecule has 0 aliphatic rings. The van der Waals surface area contributed by atoms with Gasteiger partial charge in [0, 0.05) is 24.5 Å². The number of hydrogen-bond donors (Lipinski definition) is 1. The number of alkyl halides is 2. The second-order valence-electron chi connectivity index (χ2n) is 3.43. The van der Waals surface area contributed by atoms with Crippen molar-refractivity contribution >= 4 is 5.78 Å². The van der Waals surface area contributed by atoms with Gasteiger partial charge in [-0.15, -0.1) is 0 Å². The SMILES string of the molecule is CC(F)(F)c1ccc(C(=O)CCN)cc1. The van der Waals surface area contributed by atoms with Crippen molar-refractivity contribution in [1.82, 2.24) is 0 Å². The van der Waals surface area contributed by atoms with Gasteiger partial charge in [-0.1, -0.05) is 24.3 Å². The maximum Gasteiger partial charge on any atom is 0.270 e. The molecule has 0 saturated heterocycles. The molecule has 0 saturated carbocycles. The highest BCUT2D eigenvalue weighted by molar-refractivity contribution is 5.96. The number of hydrogen-bond acceptors (Lipinski definition) is 2. The third-order valence-electron chi connectivity index (χ3n) is 2.09. The Bertz CT molecular complexity index is 341. The van der Waals surface area contributed by atoms with E-state index in [2.05, 4.69) is 0 Å². The van der Waals surface area contributed by atoms with E-state index >= 15 is 0 Å². The van der Waals surface area contributed by atoms with Crippen molar-refractivity contribution in [3.8, 4) is 0 Å². The molecule has 0 aliphatic carbocycles. The Morgan fingerprint density at radius 1 is 1.33 bits per heavy atom. The second kappa shape index (κ2) is 4.49. The molecule has 1 aromatic rings. The molecule has 1 rings (SSSR count). The summed E-state index contributed by atoms with van der Waals surface area (Å²) < 4.78 is 25.7. The first-order chi connectivity index (χ1) is 6.95. The summed E-state index contributed by atoms with van der Waals surface area (Å²) in [5, 5.41) is 0. The molecule has 0 fully saturated rings. The number of nitrogens with two attached hydrogens (primary N) is 1. The molecule has 15 heavy (non-hydrogen) atoms. The summed E-state index contributed by atoms with van der Waals surface area (Å²) in [6.45, 7) is 1.09. The Labute approximate surface area is 87.1 Å². The van der Waals surface area contributed by atoms with Crippen molar-refractivity contribution < 1.29 is 13.6 Å². The van der Waals surface area contributed by atoms with Crippen LogP contribution < -0.4 is 5.73 Å². The van der Waals surface area contributed by atoms with Crippen molar-refractivity contribution in [2.24, 2.45) is 5.73 Å². The molecule has 0 amide bonds. The van der Waals surface area contributed by atoms with Crippen LogP contribution in [0.2, 0.25) is 0 Å². The highest BCUT2D eigenvalue weighted by Crippen LogP contribution is 2.26. The Morgan fingerprint density at radius 3 is 2.27 bits per heavy atom. The standard InChI is InChI=1S/C11H13F2NO/c1-11(12,13)9-4-2-8(3-5-9)10(15)6-7-14/h2-5H,6-7,14H2,1H3. The Morgan fingerprint density at radius 2 is 1.87 bits per heavy atom. The van der Waals surface area contributed by atoms with Crippen LogP contribution in [-0.4, -0.2) is 12.3 Å². The van der Waals surface area contributed by atoms with E-state index < -0.39 is 5.92 Å². The minimum absolute atomic E-state index is 0.0909. The molecule has 0 aliphatic heterocycles. The van der Waals surface area contributed by atoms with Crippen molar-refractivity contribution in [1.29, 1.82) is 0 Å². The van der Waals surface area contributed by atoms with Crippen LogP contribution in [0.5, 0.6) is 0 Å². The lowest BCUT2D eigenvalue weighted by Crippen LogP contribution is -2.10. The summed E-state index contributed by atoms with van der Waals surface area (Å²) in [7, 11) is 0. The predicted octanol–water partition coefficient (Wildman–Crippen LogP) is 2.33. The number of rotatable bonds is 4. The number of benzene rings is 1. The molecule has 4 heteroatoms. The van der Waals surface area contributed by atoms with Gasteiger partial charge in [-0.25, -0.2) is 8.78 Å². The number of carbonyl (C=O) groups is 1. The van der Waals surface area contributed by atoms with E-state index in [0.717, 1.165) is 6.92 Å². The predicted molar refractivity (Wildman–Crippen MR) is 54.0 cm³/mol. The van der Waals surface area contributed by atoms with E-state index in [9.17, 15) is 13.6 Å². The highest BCUT2D eigenvalue weighted by Gasteiger charge is 2.23. The number of halogens is 2. The molecule has 2 N–H and O–H groups in total. The third-order valence-corrected chi connectivity index (χ3v) is 2.09. The topological polar surface area (TPSA) is 43.1 Å². The summed E-state index contributed by atoms with van der Waals surface area (Å²) in [5.41, 5.74) is 5.56. The van der Waals surface area contributed by atoms with Crippen LogP contribution in [0.3, 0.4) is 0 Å². The van der Waals surface area contributed by atoms with Crippen LogP contribution in [0.4, 0.5) is 8.78 Å². The van der Waals surface area contributed by atoms with Gasteiger partial charge in [0.1, 0.15) is 0 Å². The molecular weight excluding hydrogens is 200 g/mol. The quantitative estimate of drug-likeness (QED) is 0.780. The molecule has 0 spiro atoms. The van der Waals surface area contributed by atoms with Crippen LogP contribution >= 0.6 is 0 Å². The lowest BCUT2D eigenvalue weighted by atomic mass is 10.0. The molecule has 0 unspecified atom stereocenters. The summed E-state index contributed by atoms with van der Waals surface area (Å²) >= 11 is 0. The van der Waals surface area contributed by atoms with E-state index in [4.69, 9.17) is 5.73 Å². The largest absolute Gasteiger partial charge is 0.330 e. The Kier molecular flexibility index (Phi) is 3.52. The molecular formula is C11H13F2NO. The van der Waals surface area contributed by atoms with Gasteiger partial charge in [-0.05, 0) is 6.54 Å². The molecule has 0 heterocycles. The van der Waals surface area contributed by atoms with Gasteiger partial charge in [0.2, 0.25) is 0 Å². The minimum atomic E-state index is -2.87. The first kappa shape index (κ1) is 11.8. The molecule has 82 valence electrons. The third kappa shape index (κ3) is 3.09. The smallest absolute Gasteiger partial charge is 0.270 e. The van der Waals surface area contributed by atoms with Gasteiger partial charge in [0.05, 0.1) is 0 Å². The fourth-order valence-electron chi connectivity index (χ4n) is 1.22. The summed E-state index contributed by atoms with van der Waals surface area (Å²) in [4.78, 5) is 11.3. The minimum Gasteiger partial charge on any atom is -0.330 e. The summed E-state index contributed by atoms with van der Waals surface area (Å²) in [6.07, 6.45) is 0.238. The van der Waals surface area contributed by atoms with Crippen LogP contribution in [0.15, 0.2) is 24.3 Å².